The van der Waals surface area contributed by atoms with Gasteiger partial charge in [-0.15, -0.1) is 0 Å². The Balaban J connectivity index is 1.57. The number of pyridine rings is 2. The molecule has 0 unspecified atom stereocenters. The van der Waals surface area contributed by atoms with Crippen LogP contribution in [0.4, 0.5) is 26.5 Å². The van der Waals surface area contributed by atoms with Gasteiger partial charge in [-0.1, -0.05) is 0 Å². The molecule has 194 valence electrons. The molecule has 3 amide bonds. The Morgan fingerprint density at radius 3 is 2.97 bits per heavy atom. The first-order valence-electron chi connectivity index (χ1n) is 11.7. The van der Waals surface area contributed by atoms with Gasteiger partial charge < -0.3 is 19.7 Å². The third-order valence-corrected chi connectivity index (χ3v) is 6.05. The number of amides is 3. The predicted molar refractivity (Wildman–Crippen MR) is 130 cm³/mol. The summed E-state index contributed by atoms with van der Waals surface area (Å²) in [5.41, 5.74) is 1.33. The van der Waals surface area contributed by atoms with Crippen molar-refractivity contribution in [2.75, 3.05) is 62.1 Å². The van der Waals surface area contributed by atoms with Gasteiger partial charge in [-0.3, -0.25) is 19.8 Å². The molecular weight excluding hydrogens is 485 g/mol. The van der Waals surface area contributed by atoms with Gasteiger partial charge in [0.1, 0.15) is 24.2 Å². The fraction of sp³-hybridized carbons (Fsp3) is 0.417. The van der Waals surface area contributed by atoms with Crippen molar-refractivity contribution in [3.05, 3.63) is 40.5 Å². The molecule has 0 bridgehead atoms. The summed E-state index contributed by atoms with van der Waals surface area (Å²) in [6.45, 7) is 1.85. The average molecular weight is 512 g/mol. The maximum absolute atomic E-state index is 15.1. The molecule has 0 radical (unpaired) electrons. The zero-order chi connectivity index (χ0) is 26.4. The zero-order valence-corrected chi connectivity index (χ0v) is 20.3. The van der Waals surface area contributed by atoms with Crippen molar-refractivity contribution in [1.82, 2.24) is 14.9 Å². The molecule has 2 aliphatic heterocycles. The van der Waals surface area contributed by atoms with Crippen LogP contribution in [0, 0.1) is 17.1 Å². The van der Waals surface area contributed by atoms with E-state index < -0.39 is 11.8 Å². The molecule has 1 fully saturated rings. The standard InChI is InChI=1S/C24H26FN7O5/c1-36-7-4-27-21-17(10-26)11-28-22(20(21)25)30-24(35)32-5-2-3-15-9-16(18(13-33)29-23(15)32)12-31-6-8-37-14-19(31)34/h9,11,13H,2-8,12,14H2,1H3,(H2,27,28,30,35). The van der Waals surface area contributed by atoms with Crippen molar-refractivity contribution in [2.24, 2.45) is 0 Å². The Morgan fingerprint density at radius 1 is 1.41 bits per heavy atom. The van der Waals surface area contributed by atoms with Crippen LogP contribution in [-0.2, 0) is 27.2 Å². The third-order valence-electron chi connectivity index (χ3n) is 6.05. The van der Waals surface area contributed by atoms with Crippen LogP contribution in [0.5, 0.6) is 0 Å². The summed E-state index contributed by atoms with van der Waals surface area (Å²) in [6, 6.07) is 2.97. The van der Waals surface area contributed by atoms with Crippen LogP contribution >= 0.6 is 0 Å². The SMILES string of the molecule is COCCNc1c(C#N)cnc(NC(=O)N2CCCc3cc(CN4CCOCC4=O)c(C=O)nc32)c1F. The number of halogens is 1. The summed E-state index contributed by atoms with van der Waals surface area (Å²) in [6.07, 6.45) is 2.99. The smallest absolute Gasteiger partial charge is 0.328 e. The van der Waals surface area contributed by atoms with Crippen molar-refractivity contribution in [3.63, 3.8) is 0 Å². The lowest BCUT2D eigenvalue weighted by atomic mass is 10.0. The number of aryl methyl sites for hydroxylation is 1. The second kappa shape index (κ2) is 11.7. The molecule has 0 aromatic carbocycles. The zero-order valence-electron chi connectivity index (χ0n) is 20.3. The van der Waals surface area contributed by atoms with E-state index in [2.05, 4.69) is 20.6 Å². The van der Waals surface area contributed by atoms with Gasteiger partial charge in [0.25, 0.3) is 0 Å². The summed E-state index contributed by atoms with van der Waals surface area (Å²) >= 11 is 0. The number of fused-ring (bicyclic) bond motifs is 1. The number of urea groups is 1. The van der Waals surface area contributed by atoms with E-state index in [1.54, 1.807) is 11.0 Å². The molecule has 4 heterocycles. The van der Waals surface area contributed by atoms with Gasteiger partial charge in [-0.2, -0.15) is 5.26 Å². The number of aromatic nitrogens is 2. The highest BCUT2D eigenvalue weighted by atomic mass is 19.1. The topological polar surface area (TPSA) is 150 Å². The number of nitrogens with one attached hydrogen (secondary N) is 2. The first-order valence-corrected chi connectivity index (χ1v) is 11.7. The van der Waals surface area contributed by atoms with Gasteiger partial charge in [0, 0.05) is 45.0 Å². The van der Waals surface area contributed by atoms with E-state index >= 15 is 4.39 Å². The van der Waals surface area contributed by atoms with Gasteiger partial charge in [-0.05, 0) is 24.5 Å². The van der Waals surface area contributed by atoms with Crippen LogP contribution in [-0.4, -0.2) is 79.7 Å². The largest absolute Gasteiger partial charge is 0.383 e. The monoisotopic (exact) mass is 511 g/mol. The first-order chi connectivity index (χ1) is 18.0. The first kappa shape index (κ1) is 25.9. The molecule has 0 aliphatic carbocycles. The highest BCUT2D eigenvalue weighted by Gasteiger charge is 2.28. The van der Waals surface area contributed by atoms with E-state index in [0.29, 0.717) is 44.4 Å². The number of nitriles is 1. The third kappa shape index (κ3) is 5.65. The van der Waals surface area contributed by atoms with E-state index in [4.69, 9.17) is 9.47 Å². The van der Waals surface area contributed by atoms with Crippen LogP contribution < -0.4 is 15.5 Å². The van der Waals surface area contributed by atoms with Crippen molar-refractivity contribution in [3.8, 4) is 6.07 Å². The van der Waals surface area contributed by atoms with Crippen molar-refractivity contribution in [2.45, 2.75) is 19.4 Å². The summed E-state index contributed by atoms with van der Waals surface area (Å²) in [7, 11) is 1.49. The summed E-state index contributed by atoms with van der Waals surface area (Å²) in [4.78, 5) is 48.4. The lowest BCUT2D eigenvalue weighted by Gasteiger charge is -2.31. The number of anilines is 3. The number of hydrogen-bond acceptors (Lipinski definition) is 9. The number of methoxy groups -OCH3 is 1. The predicted octanol–water partition coefficient (Wildman–Crippen LogP) is 1.70. The van der Waals surface area contributed by atoms with E-state index in [1.165, 1.54) is 18.2 Å². The molecule has 0 spiro atoms. The molecule has 0 atom stereocenters. The summed E-state index contributed by atoms with van der Waals surface area (Å²) in [5.74, 6) is -1.12. The minimum atomic E-state index is -0.882. The Morgan fingerprint density at radius 2 is 2.24 bits per heavy atom. The minimum Gasteiger partial charge on any atom is -0.383 e. The lowest BCUT2D eigenvalue weighted by molar-refractivity contribution is -0.143. The van der Waals surface area contributed by atoms with E-state index in [1.807, 2.05) is 6.07 Å². The maximum Gasteiger partial charge on any atom is 0.328 e. The minimum absolute atomic E-state index is 0.00764. The normalized spacial score (nSPS) is 15.1. The van der Waals surface area contributed by atoms with Gasteiger partial charge in [0.2, 0.25) is 5.91 Å². The number of ether oxygens (including phenoxy) is 2. The Bertz CT molecular complexity index is 1250. The summed E-state index contributed by atoms with van der Waals surface area (Å²) < 4.78 is 25.2. The maximum atomic E-state index is 15.1. The Hall–Kier alpha value is -4.15. The quantitative estimate of drug-likeness (QED) is 0.399. The van der Waals surface area contributed by atoms with Crippen molar-refractivity contribution in [1.29, 1.82) is 5.26 Å². The fourth-order valence-electron chi connectivity index (χ4n) is 4.19. The van der Waals surface area contributed by atoms with Crippen LogP contribution in [0.25, 0.3) is 0 Å². The van der Waals surface area contributed by atoms with E-state index in [-0.39, 0.29) is 60.8 Å². The van der Waals surface area contributed by atoms with Crippen LogP contribution in [0.1, 0.15) is 33.6 Å². The number of morpholine rings is 1. The number of aldehydes is 1. The molecular formula is C24H26FN7O5. The lowest BCUT2D eigenvalue weighted by Crippen LogP contribution is -2.42. The number of carbonyl (C=O) groups is 3. The number of carbonyl (C=O) groups excluding carboxylic acids is 3. The highest BCUT2D eigenvalue weighted by Crippen LogP contribution is 2.30. The molecule has 2 aromatic rings. The molecule has 1 saturated heterocycles. The van der Waals surface area contributed by atoms with E-state index in [0.717, 1.165) is 5.56 Å². The van der Waals surface area contributed by atoms with Crippen molar-refractivity contribution >= 4 is 35.5 Å². The molecule has 2 aliphatic rings. The fourth-order valence-corrected chi connectivity index (χ4v) is 4.19. The molecule has 2 N–H and O–H groups in total. The number of rotatable bonds is 8. The van der Waals surface area contributed by atoms with Gasteiger partial charge >= 0.3 is 6.03 Å². The highest BCUT2D eigenvalue weighted by molar-refractivity contribution is 6.02. The van der Waals surface area contributed by atoms with Gasteiger partial charge in [0.15, 0.2) is 17.9 Å². The molecule has 0 saturated carbocycles. The van der Waals surface area contributed by atoms with Crippen LogP contribution in [0.2, 0.25) is 0 Å². The Labute approximate surface area is 212 Å². The van der Waals surface area contributed by atoms with Crippen LogP contribution in [0.15, 0.2) is 12.3 Å². The summed E-state index contributed by atoms with van der Waals surface area (Å²) in [5, 5.41) is 14.5. The van der Waals surface area contributed by atoms with Crippen LogP contribution in [0.3, 0.4) is 0 Å². The van der Waals surface area contributed by atoms with E-state index in [9.17, 15) is 19.6 Å². The molecule has 12 nitrogen and oxygen atoms in total. The number of nitrogens with zero attached hydrogens (tertiary/aromatic N) is 5. The van der Waals surface area contributed by atoms with Gasteiger partial charge in [-0.25, -0.2) is 19.2 Å². The molecule has 4 rings (SSSR count). The molecule has 2 aromatic heterocycles. The second-order valence-electron chi connectivity index (χ2n) is 8.43. The number of hydrogen-bond donors (Lipinski definition) is 2. The average Bonchev–Trinajstić information content (AvgIpc) is 2.91. The molecule has 13 heteroatoms. The second-order valence-corrected chi connectivity index (χ2v) is 8.43. The Kier molecular flexibility index (Phi) is 8.22. The van der Waals surface area contributed by atoms with Crippen molar-refractivity contribution < 1.29 is 28.2 Å². The van der Waals surface area contributed by atoms with Gasteiger partial charge in [0.05, 0.1) is 24.5 Å². The molecule has 37 heavy (non-hydrogen) atoms.